The summed E-state index contributed by atoms with van der Waals surface area (Å²) in [6.07, 6.45) is 2.07. The maximum Gasteiger partial charge on any atom is 0.373 e. The van der Waals surface area contributed by atoms with Gasteiger partial charge >= 0.3 is 5.97 Å². The molecule has 0 radical (unpaired) electrons. The molecule has 0 saturated heterocycles. The number of ether oxygens (including phenoxy) is 1. The van der Waals surface area contributed by atoms with Crippen LogP contribution >= 0.6 is 0 Å². The molecule has 0 rings (SSSR count). The lowest BCUT2D eigenvalue weighted by Crippen LogP contribution is -2.07. The highest BCUT2D eigenvalue weighted by Crippen LogP contribution is 1.92. The van der Waals surface area contributed by atoms with Crippen LogP contribution in [0.4, 0.5) is 0 Å². The number of carbonyl (C=O) groups excluding carboxylic acids is 1. The van der Waals surface area contributed by atoms with Crippen molar-refractivity contribution in [1.29, 1.82) is 0 Å². The fraction of sp³-hybridized carbons (Fsp3) is 0.571. The van der Waals surface area contributed by atoms with Crippen LogP contribution in [0.1, 0.15) is 20.3 Å². The Balaban J connectivity index is 3.63. The van der Waals surface area contributed by atoms with Crippen molar-refractivity contribution in [3.63, 3.8) is 0 Å². The zero-order chi connectivity index (χ0) is 7.98. The first-order chi connectivity index (χ1) is 4.72. The van der Waals surface area contributed by atoms with E-state index in [-0.39, 0.29) is 5.76 Å². The number of rotatable bonds is 3. The van der Waals surface area contributed by atoms with Crippen LogP contribution in [0.2, 0.25) is 0 Å². The molecule has 0 heterocycles. The second-order valence-electron chi connectivity index (χ2n) is 1.81. The molecule has 1 N–H and O–H groups in total. The van der Waals surface area contributed by atoms with Gasteiger partial charge in [0.1, 0.15) is 0 Å². The Morgan fingerprint density at radius 2 is 2.30 bits per heavy atom. The molecule has 3 nitrogen and oxygen atoms in total. The summed E-state index contributed by atoms with van der Waals surface area (Å²) in [5.41, 5.74) is 0. The van der Waals surface area contributed by atoms with Crippen LogP contribution in [0, 0.1) is 0 Å². The Morgan fingerprint density at radius 1 is 1.70 bits per heavy atom. The van der Waals surface area contributed by atoms with E-state index in [9.17, 15) is 4.79 Å². The van der Waals surface area contributed by atoms with E-state index in [1.165, 1.54) is 6.08 Å². The lowest BCUT2D eigenvalue weighted by molar-refractivity contribution is -0.142. The minimum absolute atomic E-state index is 0.326. The number of aliphatic hydroxyl groups excluding tert-OH is 1. The number of aliphatic hydroxyl groups is 1. The quantitative estimate of drug-likeness (QED) is 0.370. The van der Waals surface area contributed by atoms with E-state index in [4.69, 9.17) is 5.11 Å². The van der Waals surface area contributed by atoms with E-state index >= 15 is 0 Å². The minimum atomic E-state index is -0.649. The summed E-state index contributed by atoms with van der Waals surface area (Å²) in [6.45, 7) is 3.82. The molecule has 0 amide bonds. The fourth-order valence-electron chi connectivity index (χ4n) is 0.387. The number of esters is 1. The topological polar surface area (TPSA) is 46.5 Å². The SMILES string of the molecule is C/C=C(\O)C(=O)OCCC. The maximum absolute atomic E-state index is 10.6. The lowest BCUT2D eigenvalue weighted by Gasteiger charge is -1.99. The lowest BCUT2D eigenvalue weighted by atomic mass is 10.4. The normalized spacial score (nSPS) is 11.2. The molecule has 0 aromatic carbocycles. The number of hydrogen-bond acceptors (Lipinski definition) is 3. The second kappa shape index (κ2) is 4.85. The van der Waals surface area contributed by atoms with Gasteiger partial charge in [0.2, 0.25) is 0 Å². The largest absolute Gasteiger partial charge is 0.502 e. The molecule has 0 unspecified atom stereocenters. The van der Waals surface area contributed by atoms with Gasteiger partial charge in [0.15, 0.2) is 5.76 Å². The first-order valence-corrected chi connectivity index (χ1v) is 3.24. The first kappa shape index (κ1) is 9.01. The van der Waals surface area contributed by atoms with Crippen LogP contribution < -0.4 is 0 Å². The summed E-state index contributed by atoms with van der Waals surface area (Å²) in [7, 11) is 0. The summed E-state index contributed by atoms with van der Waals surface area (Å²) < 4.78 is 4.59. The Bertz CT molecular complexity index is 138. The van der Waals surface area contributed by atoms with E-state index in [0.29, 0.717) is 6.61 Å². The molecule has 10 heavy (non-hydrogen) atoms. The van der Waals surface area contributed by atoms with Crippen LogP contribution in [-0.2, 0) is 9.53 Å². The third-order valence-electron chi connectivity index (χ3n) is 0.920. The number of carbonyl (C=O) groups is 1. The van der Waals surface area contributed by atoms with Gasteiger partial charge in [-0.1, -0.05) is 6.92 Å². The predicted molar refractivity (Wildman–Crippen MR) is 37.6 cm³/mol. The van der Waals surface area contributed by atoms with Gasteiger partial charge in [-0.05, 0) is 19.4 Å². The molecule has 0 spiro atoms. The van der Waals surface area contributed by atoms with E-state index in [2.05, 4.69) is 4.74 Å². The summed E-state index contributed by atoms with van der Waals surface area (Å²) in [5.74, 6) is -0.974. The van der Waals surface area contributed by atoms with Crippen LogP contribution in [0.5, 0.6) is 0 Å². The maximum atomic E-state index is 10.6. The summed E-state index contributed by atoms with van der Waals surface area (Å²) >= 11 is 0. The van der Waals surface area contributed by atoms with E-state index in [1.54, 1.807) is 6.92 Å². The molecule has 0 bridgehead atoms. The molecular formula is C7H12O3. The zero-order valence-electron chi connectivity index (χ0n) is 6.26. The molecule has 0 fully saturated rings. The Labute approximate surface area is 60.3 Å². The van der Waals surface area contributed by atoms with Crippen molar-refractivity contribution in [2.45, 2.75) is 20.3 Å². The average molecular weight is 144 g/mol. The van der Waals surface area contributed by atoms with Gasteiger partial charge < -0.3 is 9.84 Å². The number of allylic oxidation sites excluding steroid dienone is 1. The van der Waals surface area contributed by atoms with Crippen LogP contribution in [-0.4, -0.2) is 17.7 Å². The Morgan fingerprint density at radius 3 is 2.70 bits per heavy atom. The molecule has 0 atom stereocenters. The molecule has 0 saturated carbocycles. The van der Waals surface area contributed by atoms with Crippen molar-refractivity contribution in [2.24, 2.45) is 0 Å². The van der Waals surface area contributed by atoms with Gasteiger partial charge in [0.25, 0.3) is 0 Å². The molecular weight excluding hydrogens is 132 g/mol. The molecule has 0 aliphatic rings. The van der Waals surface area contributed by atoms with Crippen LogP contribution in [0.3, 0.4) is 0 Å². The predicted octanol–water partition coefficient (Wildman–Crippen LogP) is 1.40. The van der Waals surface area contributed by atoms with E-state index in [1.807, 2.05) is 6.92 Å². The van der Waals surface area contributed by atoms with Crippen molar-refractivity contribution in [3.8, 4) is 0 Å². The Kier molecular flexibility index (Phi) is 4.37. The minimum Gasteiger partial charge on any atom is -0.502 e. The van der Waals surface area contributed by atoms with Gasteiger partial charge in [-0.3, -0.25) is 0 Å². The van der Waals surface area contributed by atoms with Gasteiger partial charge in [0, 0.05) is 0 Å². The third-order valence-corrected chi connectivity index (χ3v) is 0.920. The molecule has 3 heteroatoms. The van der Waals surface area contributed by atoms with Gasteiger partial charge in [0.05, 0.1) is 6.61 Å². The standard InChI is InChI=1S/C7H12O3/c1-3-5-10-7(9)6(8)4-2/h4,8H,3,5H2,1-2H3/b6-4-. The van der Waals surface area contributed by atoms with E-state index in [0.717, 1.165) is 6.42 Å². The van der Waals surface area contributed by atoms with Crippen LogP contribution in [0.15, 0.2) is 11.8 Å². The zero-order valence-corrected chi connectivity index (χ0v) is 6.26. The van der Waals surface area contributed by atoms with Crippen molar-refractivity contribution in [1.82, 2.24) is 0 Å². The van der Waals surface area contributed by atoms with Gasteiger partial charge in [-0.15, -0.1) is 0 Å². The van der Waals surface area contributed by atoms with Crippen molar-refractivity contribution in [3.05, 3.63) is 11.8 Å². The Hall–Kier alpha value is -0.990. The summed E-state index contributed by atoms with van der Waals surface area (Å²) in [6, 6.07) is 0. The van der Waals surface area contributed by atoms with Gasteiger partial charge in [-0.2, -0.15) is 0 Å². The highest BCUT2D eigenvalue weighted by molar-refractivity contribution is 5.85. The summed E-state index contributed by atoms with van der Waals surface area (Å²) in [4.78, 5) is 10.6. The number of hydrogen-bond donors (Lipinski definition) is 1. The molecule has 58 valence electrons. The monoisotopic (exact) mass is 144 g/mol. The molecule has 0 aromatic rings. The molecule has 0 aromatic heterocycles. The average Bonchev–Trinajstić information content (AvgIpc) is 1.98. The summed E-state index contributed by atoms with van der Waals surface area (Å²) in [5, 5.41) is 8.74. The highest BCUT2D eigenvalue weighted by atomic mass is 16.5. The van der Waals surface area contributed by atoms with Crippen LogP contribution in [0.25, 0.3) is 0 Å². The molecule has 0 aliphatic carbocycles. The fourth-order valence-corrected chi connectivity index (χ4v) is 0.387. The van der Waals surface area contributed by atoms with Crippen molar-refractivity contribution < 1.29 is 14.6 Å². The smallest absolute Gasteiger partial charge is 0.373 e. The van der Waals surface area contributed by atoms with Crippen molar-refractivity contribution >= 4 is 5.97 Å². The second-order valence-corrected chi connectivity index (χ2v) is 1.81. The van der Waals surface area contributed by atoms with Gasteiger partial charge in [-0.25, -0.2) is 4.79 Å². The van der Waals surface area contributed by atoms with Crippen molar-refractivity contribution in [2.75, 3.05) is 6.61 Å². The van der Waals surface area contributed by atoms with E-state index < -0.39 is 5.97 Å². The first-order valence-electron chi connectivity index (χ1n) is 3.24. The molecule has 0 aliphatic heterocycles. The highest BCUT2D eigenvalue weighted by Gasteiger charge is 2.05. The third kappa shape index (κ3) is 3.12.